The monoisotopic (exact) mass is 386 g/mol. The van der Waals surface area contributed by atoms with Crippen molar-refractivity contribution in [2.75, 3.05) is 39.2 Å². The first-order valence-corrected chi connectivity index (χ1v) is 10.1. The van der Waals surface area contributed by atoms with Gasteiger partial charge in [0.2, 0.25) is 11.2 Å². The summed E-state index contributed by atoms with van der Waals surface area (Å²) in [6.45, 7) is 2.02. The quantitative estimate of drug-likeness (QED) is 0.234. The van der Waals surface area contributed by atoms with Gasteiger partial charge < -0.3 is 16.0 Å². The van der Waals surface area contributed by atoms with Gasteiger partial charge in [0.15, 0.2) is 6.54 Å². The summed E-state index contributed by atoms with van der Waals surface area (Å²) in [4.78, 5) is 0. The predicted octanol–water partition coefficient (Wildman–Crippen LogP) is 4.21. The van der Waals surface area contributed by atoms with Gasteiger partial charge in [0.25, 0.3) is 0 Å². The highest BCUT2D eigenvalue weighted by atomic mass is 15.3. The van der Waals surface area contributed by atoms with Gasteiger partial charge in [-0.2, -0.15) is 4.57 Å². The van der Waals surface area contributed by atoms with Crippen LogP contribution in [0.5, 0.6) is 0 Å². The zero-order chi connectivity index (χ0) is 20.6. The van der Waals surface area contributed by atoms with E-state index in [1.165, 1.54) is 32.9 Å². The van der Waals surface area contributed by atoms with E-state index < -0.39 is 0 Å². The fourth-order valence-corrected chi connectivity index (χ4v) is 4.10. The molecule has 0 atom stereocenters. The fourth-order valence-electron chi connectivity index (χ4n) is 4.10. The third-order valence-electron chi connectivity index (χ3n) is 5.43. The Bertz CT molecular complexity index is 1170. The zero-order valence-electron chi connectivity index (χ0n) is 17.5. The first-order valence-electron chi connectivity index (χ1n) is 10.1. The van der Waals surface area contributed by atoms with Crippen LogP contribution in [0.3, 0.4) is 0 Å². The second-order valence-electron chi connectivity index (χ2n) is 8.82. The molecule has 4 aromatic rings. The number of nitrogens with zero attached hydrogens (tertiary/aromatic N) is 2. The van der Waals surface area contributed by atoms with Gasteiger partial charge in [0.05, 0.1) is 44.9 Å². The van der Waals surface area contributed by atoms with Crippen molar-refractivity contribution < 1.29 is 9.05 Å². The molecule has 0 aliphatic carbocycles. The molecular weight excluding hydrogens is 356 g/mol. The summed E-state index contributed by atoms with van der Waals surface area (Å²) in [6, 6.07) is 23.0. The number of hydrogen-bond acceptors (Lipinski definition) is 2. The van der Waals surface area contributed by atoms with Crippen molar-refractivity contribution in [2.24, 2.45) is 0 Å². The van der Waals surface area contributed by atoms with Gasteiger partial charge >= 0.3 is 0 Å². The highest BCUT2D eigenvalue weighted by Gasteiger charge is 2.24. The Morgan fingerprint density at radius 2 is 1.41 bits per heavy atom. The summed E-state index contributed by atoms with van der Waals surface area (Å²) in [6.07, 6.45) is 1.08. The summed E-state index contributed by atoms with van der Waals surface area (Å²) in [5.74, 6) is 0. The molecule has 0 unspecified atom stereocenters. The molecule has 0 spiro atoms. The molecule has 1 heterocycles. The average Bonchev–Trinajstić information content (AvgIpc) is 2.67. The minimum absolute atomic E-state index is 0.780. The van der Waals surface area contributed by atoms with Crippen molar-refractivity contribution in [3.8, 4) is 11.3 Å². The van der Waals surface area contributed by atoms with Crippen LogP contribution in [0.4, 0.5) is 11.4 Å². The summed E-state index contributed by atoms with van der Waals surface area (Å²) in [5, 5.41) is 3.59. The molecule has 0 radical (unpaired) electrons. The van der Waals surface area contributed by atoms with Crippen LogP contribution in [0, 0.1) is 0 Å². The molecule has 0 saturated carbocycles. The highest BCUT2D eigenvalue weighted by Crippen LogP contribution is 2.33. The first kappa shape index (κ1) is 19.2. The van der Waals surface area contributed by atoms with E-state index in [4.69, 9.17) is 11.5 Å². The molecule has 0 amide bonds. The molecule has 0 saturated heterocycles. The number of nitrogen functional groups attached to an aromatic ring is 2. The molecule has 148 valence electrons. The Kier molecular flexibility index (Phi) is 4.89. The Morgan fingerprint density at radius 1 is 0.759 bits per heavy atom. The number of benzene rings is 3. The summed E-state index contributed by atoms with van der Waals surface area (Å²) < 4.78 is 3.38. The molecule has 4 nitrogen and oxygen atoms in total. The van der Waals surface area contributed by atoms with E-state index in [0.29, 0.717) is 0 Å². The number of fused-ring (bicyclic) bond motifs is 3. The zero-order valence-corrected chi connectivity index (χ0v) is 17.5. The maximum atomic E-state index is 6.21. The van der Waals surface area contributed by atoms with Crippen molar-refractivity contribution >= 4 is 33.1 Å². The van der Waals surface area contributed by atoms with Crippen molar-refractivity contribution in [3.63, 3.8) is 0 Å². The van der Waals surface area contributed by atoms with Crippen LogP contribution in [0.1, 0.15) is 6.42 Å². The van der Waals surface area contributed by atoms with E-state index >= 15 is 0 Å². The number of rotatable bonds is 5. The van der Waals surface area contributed by atoms with Crippen molar-refractivity contribution in [3.05, 3.63) is 66.7 Å². The molecule has 4 rings (SSSR count). The van der Waals surface area contributed by atoms with Crippen LogP contribution in [0.25, 0.3) is 32.9 Å². The molecule has 0 bridgehead atoms. The summed E-state index contributed by atoms with van der Waals surface area (Å²) in [7, 11) is 6.71. The van der Waals surface area contributed by atoms with Gasteiger partial charge in [-0.15, -0.1) is 0 Å². The molecule has 3 aromatic carbocycles. The Hall–Kier alpha value is -3.11. The number of nitrogens with two attached hydrogens (primary N) is 2. The first-order chi connectivity index (χ1) is 13.8. The fraction of sp³-hybridized carbons (Fsp3) is 0.240. The third-order valence-corrected chi connectivity index (χ3v) is 5.43. The van der Waals surface area contributed by atoms with Crippen molar-refractivity contribution in [1.82, 2.24) is 0 Å². The van der Waals surface area contributed by atoms with Crippen LogP contribution in [-0.2, 0) is 6.54 Å². The lowest BCUT2D eigenvalue weighted by molar-refractivity contribution is -0.872. The van der Waals surface area contributed by atoms with Gasteiger partial charge in [-0.05, 0) is 36.4 Å². The lowest BCUT2D eigenvalue weighted by Crippen LogP contribution is -2.42. The molecule has 0 aliphatic rings. The summed E-state index contributed by atoms with van der Waals surface area (Å²) in [5.41, 5.74) is 17.6. The largest absolute Gasteiger partial charge is 0.399 e. The second-order valence-corrected chi connectivity index (χ2v) is 8.82. The molecule has 4 N–H and O–H groups in total. The molecular formula is C25H30N4+2. The van der Waals surface area contributed by atoms with Crippen molar-refractivity contribution in [1.29, 1.82) is 0 Å². The number of hydrogen-bond donors (Lipinski definition) is 2. The molecule has 29 heavy (non-hydrogen) atoms. The van der Waals surface area contributed by atoms with E-state index in [1.807, 2.05) is 12.1 Å². The topological polar surface area (TPSA) is 55.9 Å². The van der Waals surface area contributed by atoms with Crippen LogP contribution < -0.4 is 16.0 Å². The maximum absolute atomic E-state index is 6.21. The Morgan fingerprint density at radius 3 is 2.10 bits per heavy atom. The van der Waals surface area contributed by atoms with Crippen LogP contribution >= 0.6 is 0 Å². The maximum Gasteiger partial charge on any atom is 0.220 e. The van der Waals surface area contributed by atoms with Crippen molar-refractivity contribution in [2.45, 2.75) is 13.0 Å². The van der Waals surface area contributed by atoms with Crippen LogP contribution in [-0.4, -0.2) is 32.2 Å². The number of aromatic nitrogens is 1. The van der Waals surface area contributed by atoms with E-state index in [1.54, 1.807) is 0 Å². The minimum atomic E-state index is 0.780. The summed E-state index contributed by atoms with van der Waals surface area (Å²) >= 11 is 0. The van der Waals surface area contributed by atoms with Gasteiger partial charge in [-0.3, -0.25) is 0 Å². The van der Waals surface area contributed by atoms with E-state index in [9.17, 15) is 0 Å². The Balaban J connectivity index is 2.05. The number of pyridine rings is 1. The molecule has 0 aliphatic heterocycles. The minimum Gasteiger partial charge on any atom is -0.399 e. The van der Waals surface area contributed by atoms with E-state index in [2.05, 4.69) is 80.3 Å². The smallest absolute Gasteiger partial charge is 0.220 e. The number of quaternary nitrogens is 1. The average molecular weight is 387 g/mol. The van der Waals surface area contributed by atoms with Crippen LogP contribution in [0.2, 0.25) is 0 Å². The van der Waals surface area contributed by atoms with Gasteiger partial charge in [0.1, 0.15) is 0 Å². The lowest BCUT2D eigenvalue weighted by atomic mass is 9.98. The highest BCUT2D eigenvalue weighted by molar-refractivity contribution is 6.10. The normalized spacial score (nSPS) is 12.0. The van der Waals surface area contributed by atoms with Gasteiger partial charge in [-0.1, -0.05) is 24.3 Å². The Labute approximate surface area is 172 Å². The number of anilines is 2. The van der Waals surface area contributed by atoms with Crippen LogP contribution in [0.15, 0.2) is 66.7 Å². The lowest BCUT2D eigenvalue weighted by Gasteiger charge is -2.23. The van der Waals surface area contributed by atoms with Gasteiger partial charge in [-0.25, -0.2) is 0 Å². The van der Waals surface area contributed by atoms with Gasteiger partial charge in [0, 0.05) is 28.4 Å². The second kappa shape index (κ2) is 7.37. The number of aryl methyl sites for hydroxylation is 1. The molecule has 1 aromatic heterocycles. The molecule has 0 fully saturated rings. The van der Waals surface area contributed by atoms with E-state index in [0.717, 1.165) is 35.4 Å². The molecule has 4 heteroatoms. The SMILES string of the molecule is C[N+](C)(C)CCC[n+]1c(-c2ccccc2)c2cc(N)ccc2c2ccc(N)cc21. The van der Waals surface area contributed by atoms with E-state index in [-0.39, 0.29) is 0 Å². The third kappa shape index (κ3) is 3.89. The standard InChI is InChI=1S/C25H29N4/c1-29(2,3)15-7-14-28-24-17-20(27)11-13-22(24)21-12-10-19(26)16-23(21)25(28)18-8-5-4-6-9-18/h4-6,8-13,16-17,27H,7,14-15,26H2,1-3H3/q+1/p+1. The predicted molar refractivity (Wildman–Crippen MR) is 123 cm³/mol.